The molecular formula is C14H26N4O4S. The molecule has 0 aliphatic rings. The van der Waals surface area contributed by atoms with Crippen LogP contribution in [0.3, 0.4) is 0 Å². The number of imidazole rings is 2. The van der Waals surface area contributed by atoms with Crippen LogP contribution in [-0.4, -0.2) is 37.5 Å². The predicted octanol–water partition coefficient (Wildman–Crippen LogP) is 2.85. The zero-order valence-corrected chi connectivity index (χ0v) is 14.4. The van der Waals surface area contributed by atoms with Gasteiger partial charge in [-0.2, -0.15) is 8.42 Å². The number of nitrogens with zero attached hydrogens (tertiary/aromatic N) is 2. The SMILES string of the molecule is CCCCc1ncc[nH]1.CCCCc1ncc[nH]1.O=S(=O)(O)O. The molecule has 0 saturated carbocycles. The molecule has 9 heteroatoms. The van der Waals surface area contributed by atoms with Crippen molar-refractivity contribution in [3.63, 3.8) is 0 Å². The molecule has 0 aliphatic heterocycles. The molecule has 0 saturated heterocycles. The molecule has 2 aromatic rings. The zero-order valence-electron chi connectivity index (χ0n) is 13.6. The van der Waals surface area contributed by atoms with Crippen LogP contribution in [0, 0.1) is 0 Å². The highest BCUT2D eigenvalue weighted by Crippen LogP contribution is 1.97. The minimum absolute atomic E-state index is 1.09. The first-order valence-corrected chi connectivity index (χ1v) is 8.92. The van der Waals surface area contributed by atoms with E-state index in [1.54, 1.807) is 12.4 Å². The van der Waals surface area contributed by atoms with E-state index >= 15 is 0 Å². The molecule has 0 fully saturated rings. The fraction of sp³-hybridized carbons (Fsp3) is 0.571. The van der Waals surface area contributed by atoms with Crippen molar-refractivity contribution >= 4 is 10.4 Å². The number of aromatic nitrogens is 4. The third kappa shape index (κ3) is 16.5. The molecule has 0 aliphatic carbocycles. The van der Waals surface area contributed by atoms with Crippen LogP contribution in [0.5, 0.6) is 0 Å². The number of H-pyrrole nitrogens is 2. The van der Waals surface area contributed by atoms with Crippen molar-refractivity contribution in [2.75, 3.05) is 0 Å². The van der Waals surface area contributed by atoms with Gasteiger partial charge in [-0.15, -0.1) is 0 Å². The van der Waals surface area contributed by atoms with Crippen LogP contribution in [0.1, 0.15) is 51.2 Å². The second-order valence-electron chi connectivity index (χ2n) is 4.73. The second kappa shape index (κ2) is 12.8. The molecule has 2 rings (SSSR count). The summed E-state index contributed by atoms with van der Waals surface area (Å²) in [6, 6.07) is 0. The van der Waals surface area contributed by atoms with Gasteiger partial charge in [0.05, 0.1) is 0 Å². The summed E-state index contributed by atoms with van der Waals surface area (Å²) in [5.74, 6) is 2.22. The van der Waals surface area contributed by atoms with Gasteiger partial charge in [-0.05, 0) is 12.8 Å². The quantitative estimate of drug-likeness (QED) is 0.595. The fourth-order valence-corrected chi connectivity index (χ4v) is 1.56. The average molecular weight is 346 g/mol. The molecule has 0 aromatic carbocycles. The number of aryl methyl sites for hydroxylation is 2. The lowest BCUT2D eigenvalue weighted by atomic mass is 10.2. The number of rotatable bonds is 6. The van der Waals surface area contributed by atoms with Gasteiger partial charge in [-0.1, -0.05) is 26.7 Å². The highest BCUT2D eigenvalue weighted by molar-refractivity contribution is 7.79. The summed E-state index contributed by atoms with van der Waals surface area (Å²) < 4.78 is 31.6. The third-order valence-corrected chi connectivity index (χ3v) is 2.64. The lowest BCUT2D eigenvalue weighted by Crippen LogP contribution is -1.89. The number of aromatic amines is 2. The van der Waals surface area contributed by atoms with Crippen LogP contribution in [0.15, 0.2) is 24.8 Å². The lowest BCUT2D eigenvalue weighted by Gasteiger charge is -1.90. The van der Waals surface area contributed by atoms with Gasteiger partial charge in [0.1, 0.15) is 11.6 Å². The van der Waals surface area contributed by atoms with Crippen LogP contribution >= 0.6 is 0 Å². The first-order chi connectivity index (χ1) is 10.9. The van der Waals surface area contributed by atoms with Crippen LogP contribution < -0.4 is 0 Å². The Bertz CT molecular complexity index is 522. The summed E-state index contributed by atoms with van der Waals surface area (Å²) in [6.07, 6.45) is 14.4. The molecule has 0 spiro atoms. The molecule has 4 N–H and O–H groups in total. The number of hydrogen-bond donors (Lipinski definition) is 4. The van der Waals surface area contributed by atoms with Gasteiger partial charge in [0, 0.05) is 37.6 Å². The molecule has 0 amide bonds. The Morgan fingerprint density at radius 1 is 0.913 bits per heavy atom. The van der Waals surface area contributed by atoms with E-state index in [0.717, 1.165) is 24.5 Å². The fourth-order valence-electron chi connectivity index (χ4n) is 1.56. The molecule has 0 atom stereocenters. The van der Waals surface area contributed by atoms with Gasteiger partial charge in [-0.3, -0.25) is 9.11 Å². The standard InChI is InChI=1S/2C7H12N2.H2O4S/c2*1-2-3-4-7-8-5-6-9-7;1-5(2,3)4/h2*5-6H,2-4H2,1H3,(H,8,9);(H2,1,2,3,4). The number of nitrogens with one attached hydrogen (secondary N) is 2. The van der Waals surface area contributed by atoms with Crippen molar-refractivity contribution in [3.05, 3.63) is 36.4 Å². The van der Waals surface area contributed by atoms with E-state index in [0.29, 0.717) is 0 Å². The van der Waals surface area contributed by atoms with Crippen LogP contribution in [0.2, 0.25) is 0 Å². The predicted molar refractivity (Wildman–Crippen MR) is 88.6 cm³/mol. The Hall–Kier alpha value is -1.71. The van der Waals surface area contributed by atoms with E-state index in [4.69, 9.17) is 17.5 Å². The Kier molecular flexibility index (Phi) is 11.8. The summed E-state index contributed by atoms with van der Waals surface area (Å²) >= 11 is 0. The smallest absolute Gasteiger partial charge is 0.349 e. The van der Waals surface area contributed by atoms with Crippen molar-refractivity contribution in [1.82, 2.24) is 19.9 Å². The first-order valence-electron chi connectivity index (χ1n) is 7.53. The Morgan fingerprint density at radius 2 is 1.26 bits per heavy atom. The van der Waals surface area contributed by atoms with Gasteiger partial charge in [0.2, 0.25) is 0 Å². The van der Waals surface area contributed by atoms with Gasteiger partial charge < -0.3 is 9.97 Å². The van der Waals surface area contributed by atoms with Gasteiger partial charge in [-0.25, -0.2) is 9.97 Å². The average Bonchev–Trinajstić information content (AvgIpc) is 3.15. The zero-order chi connectivity index (χ0) is 17.6. The summed E-state index contributed by atoms with van der Waals surface area (Å²) in [7, 11) is -4.67. The van der Waals surface area contributed by atoms with Gasteiger partial charge >= 0.3 is 10.4 Å². The maximum absolute atomic E-state index is 8.74. The van der Waals surface area contributed by atoms with Crippen molar-refractivity contribution < 1.29 is 17.5 Å². The van der Waals surface area contributed by atoms with E-state index in [2.05, 4.69) is 33.8 Å². The second-order valence-corrected chi connectivity index (χ2v) is 5.62. The van der Waals surface area contributed by atoms with Crippen molar-refractivity contribution in [2.24, 2.45) is 0 Å². The van der Waals surface area contributed by atoms with E-state index in [1.165, 1.54) is 25.7 Å². The van der Waals surface area contributed by atoms with Crippen LogP contribution in [0.4, 0.5) is 0 Å². The minimum Gasteiger partial charge on any atom is -0.349 e. The molecule has 8 nitrogen and oxygen atoms in total. The minimum atomic E-state index is -4.67. The summed E-state index contributed by atoms with van der Waals surface area (Å²) in [5, 5.41) is 0. The topological polar surface area (TPSA) is 132 Å². The highest BCUT2D eigenvalue weighted by atomic mass is 32.3. The largest absolute Gasteiger partial charge is 0.394 e. The Labute approximate surface area is 137 Å². The van der Waals surface area contributed by atoms with E-state index in [9.17, 15) is 0 Å². The molecule has 2 heterocycles. The molecule has 0 radical (unpaired) electrons. The number of unbranched alkanes of at least 4 members (excludes halogenated alkanes) is 2. The molecule has 0 unspecified atom stereocenters. The van der Waals surface area contributed by atoms with Crippen molar-refractivity contribution in [3.8, 4) is 0 Å². The third-order valence-electron chi connectivity index (χ3n) is 2.64. The van der Waals surface area contributed by atoms with Crippen molar-refractivity contribution in [2.45, 2.75) is 52.4 Å². The molecule has 23 heavy (non-hydrogen) atoms. The summed E-state index contributed by atoms with van der Waals surface area (Å²) in [5.41, 5.74) is 0. The Balaban J connectivity index is 0.000000332. The number of hydrogen-bond acceptors (Lipinski definition) is 4. The van der Waals surface area contributed by atoms with Gasteiger partial charge in [0.25, 0.3) is 0 Å². The van der Waals surface area contributed by atoms with Crippen molar-refractivity contribution in [1.29, 1.82) is 0 Å². The maximum atomic E-state index is 8.74. The highest BCUT2D eigenvalue weighted by Gasteiger charge is 1.91. The first kappa shape index (κ1) is 21.3. The molecule has 2 aromatic heterocycles. The maximum Gasteiger partial charge on any atom is 0.394 e. The molecular weight excluding hydrogens is 320 g/mol. The van der Waals surface area contributed by atoms with E-state index in [1.807, 2.05) is 12.4 Å². The molecule has 132 valence electrons. The van der Waals surface area contributed by atoms with E-state index < -0.39 is 10.4 Å². The van der Waals surface area contributed by atoms with Crippen LogP contribution in [-0.2, 0) is 23.2 Å². The van der Waals surface area contributed by atoms with Gasteiger partial charge in [0.15, 0.2) is 0 Å². The lowest BCUT2D eigenvalue weighted by molar-refractivity contribution is 0.381. The monoisotopic (exact) mass is 346 g/mol. The summed E-state index contributed by atoms with van der Waals surface area (Å²) in [4.78, 5) is 14.3. The van der Waals surface area contributed by atoms with Crippen LogP contribution in [0.25, 0.3) is 0 Å². The summed E-state index contributed by atoms with van der Waals surface area (Å²) in [6.45, 7) is 4.37. The Morgan fingerprint density at radius 3 is 1.48 bits per heavy atom. The molecule has 0 bridgehead atoms. The van der Waals surface area contributed by atoms with E-state index in [-0.39, 0.29) is 0 Å². The normalized spacial score (nSPS) is 10.3.